The average Bonchev–Trinajstić information content (AvgIpc) is 2.82. The zero-order chi connectivity index (χ0) is 16.2. The highest BCUT2D eigenvalue weighted by Gasteiger charge is 2.11. The minimum atomic E-state index is -3.31. The molecule has 0 fully saturated rings. The standard InChI is InChI=1S/C15H21N3O2S2/c1-11(2)7-8-22(19,20)18-14-6-4-5-13(9-14)17-15-16-12(3)10-21-15/h4-6,9-11,18H,7-8H2,1-3H3,(H,16,17). The molecule has 0 radical (unpaired) electrons. The Morgan fingerprint density at radius 2 is 2.00 bits per heavy atom. The monoisotopic (exact) mass is 339 g/mol. The minimum Gasteiger partial charge on any atom is -0.331 e. The van der Waals surface area contributed by atoms with Crippen LogP contribution in [0.1, 0.15) is 26.0 Å². The molecule has 0 amide bonds. The Labute approximate surface area is 135 Å². The molecule has 2 aromatic rings. The molecule has 5 nitrogen and oxygen atoms in total. The Morgan fingerprint density at radius 1 is 1.27 bits per heavy atom. The highest BCUT2D eigenvalue weighted by atomic mass is 32.2. The van der Waals surface area contributed by atoms with Gasteiger partial charge in [0.1, 0.15) is 0 Å². The van der Waals surface area contributed by atoms with Gasteiger partial charge in [0.15, 0.2) is 5.13 Å². The van der Waals surface area contributed by atoms with Gasteiger partial charge in [0.25, 0.3) is 0 Å². The van der Waals surface area contributed by atoms with Crippen molar-refractivity contribution in [3.63, 3.8) is 0 Å². The average molecular weight is 339 g/mol. The molecular formula is C15H21N3O2S2. The summed E-state index contributed by atoms with van der Waals surface area (Å²) in [4.78, 5) is 4.33. The summed E-state index contributed by atoms with van der Waals surface area (Å²) in [6.07, 6.45) is 0.645. The van der Waals surface area contributed by atoms with Crippen LogP contribution in [-0.2, 0) is 10.0 Å². The molecule has 1 heterocycles. The van der Waals surface area contributed by atoms with Crippen molar-refractivity contribution in [1.29, 1.82) is 0 Å². The third-order valence-electron chi connectivity index (χ3n) is 2.97. The van der Waals surface area contributed by atoms with E-state index in [1.165, 1.54) is 11.3 Å². The summed E-state index contributed by atoms with van der Waals surface area (Å²) in [5.41, 5.74) is 2.32. The van der Waals surface area contributed by atoms with E-state index >= 15 is 0 Å². The SMILES string of the molecule is Cc1csc(Nc2cccc(NS(=O)(=O)CCC(C)C)c2)n1. The van der Waals surface area contributed by atoms with Gasteiger partial charge >= 0.3 is 0 Å². The Morgan fingerprint density at radius 3 is 2.64 bits per heavy atom. The first-order valence-corrected chi connectivity index (χ1v) is 9.67. The quantitative estimate of drug-likeness (QED) is 0.800. The summed E-state index contributed by atoms with van der Waals surface area (Å²) in [5, 5.41) is 5.92. The highest BCUT2D eigenvalue weighted by Crippen LogP contribution is 2.23. The molecule has 0 aliphatic rings. The predicted octanol–water partition coefficient (Wildman–Crippen LogP) is 3.98. The smallest absolute Gasteiger partial charge is 0.232 e. The normalized spacial score (nSPS) is 11.6. The predicted molar refractivity (Wildman–Crippen MR) is 93.4 cm³/mol. The summed E-state index contributed by atoms with van der Waals surface area (Å²) in [5.74, 6) is 0.492. The van der Waals surface area contributed by atoms with E-state index in [9.17, 15) is 8.42 Å². The molecule has 0 aliphatic carbocycles. The number of anilines is 3. The summed E-state index contributed by atoms with van der Waals surface area (Å²) >= 11 is 1.51. The fourth-order valence-corrected chi connectivity index (χ4v) is 3.89. The second-order valence-corrected chi connectivity index (χ2v) is 8.30. The molecule has 0 saturated heterocycles. The van der Waals surface area contributed by atoms with Crippen molar-refractivity contribution < 1.29 is 8.42 Å². The number of hydrogen-bond acceptors (Lipinski definition) is 5. The van der Waals surface area contributed by atoms with E-state index < -0.39 is 10.0 Å². The third kappa shape index (κ3) is 5.31. The summed E-state index contributed by atoms with van der Waals surface area (Å²) in [6.45, 7) is 5.95. The van der Waals surface area contributed by atoms with Crippen molar-refractivity contribution in [2.24, 2.45) is 5.92 Å². The van der Waals surface area contributed by atoms with E-state index in [0.29, 0.717) is 18.0 Å². The van der Waals surface area contributed by atoms with E-state index in [2.05, 4.69) is 15.0 Å². The number of thiazole rings is 1. The van der Waals surface area contributed by atoms with Crippen LogP contribution in [0.2, 0.25) is 0 Å². The van der Waals surface area contributed by atoms with Gasteiger partial charge in [0.2, 0.25) is 10.0 Å². The Balaban J connectivity index is 2.05. The molecule has 2 N–H and O–H groups in total. The molecule has 0 saturated carbocycles. The Bertz CT molecular complexity index is 724. The van der Waals surface area contributed by atoms with E-state index in [1.54, 1.807) is 12.1 Å². The topological polar surface area (TPSA) is 71.1 Å². The molecule has 0 spiro atoms. The fraction of sp³-hybridized carbons (Fsp3) is 0.400. The van der Waals surface area contributed by atoms with Crippen LogP contribution in [0.15, 0.2) is 29.6 Å². The van der Waals surface area contributed by atoms with Crippen LogP contribution in [-0.4, -0.2) is 19.2 Å². The molecule has 2 rings (SSSR count). The van der Waals surface area contributed by atoms with Gasteiger partial charge in [-0.15, -0.1) is 11.3 Å². The summed E-state index contributed by atoms with van der Waals surface area (Å²) < 4.78 is 26.7. The zero-order valence-electron chi connectivity index (χ0n) is 13.0. The van der Waals surface area contributed by atoms with E-state index in [0.717, 1.165) is 16.5 Å². The van der Waals surface area contributed by atoms with Crippen molar-refractivity contribution in [1.82, 2.24) is 4.98 Å². The lowest BCUT2D eigenvalue weighted by atomic mass is 10.2. The van der Waals surface area contributed by atoms with Gasteiger partial charge in [-0.1, -0.05) is 19.9 Å². The lowest BCUT2D eigenvalue weighted by Crippen LogP contribution is -2.17. The summed E-state index contributed by atoms with van der Waals surface area (Å²) in [6, 6.07) is 7.20. The zero-order valence-corrected chi connectivity index (χ0v) is 14.6. The number of nitrogens with one attached hydrogen (secondary N) is 2. The summed E-state index contributed by atoms with van der Waals surface area (Å²) in [7, 11) is -3.31. The lowest BCUT2D eigenvalue weighted by molar-refractivity contribution is 0.578. The number of rotatable bonds is 7. The van der Waals surface area contributed by atoms with Crippen LogP contribution < -0.4 is 10.0 Å². The number of aromatic nitrogens is 1. The first-order chi connectivity index (χ1) is 10.3. The number of nitrogens with zero attached hydrogens (tertiary/aromatic N) is 1. The van der Waals surface area contributed by atoms with E-state index in [-0.39, 0.29) is 5.75 Å². The van der Waals surface area contributed by atoms with Crippen molar-refractivity contribution in [3.8, 4) is 0 Å². The maximum Gasteiger partial charge on any atom is 0.232 e. The maximum absolute atomic E-state index is 12.0. The highest BCUT2D eigenvalue weighted by molar-refractivity contribution is 7.92. The molecule has 1 aromatic carbocycles. The second kappa shape index (κ2) is 7.11. The molecule has 22 heavy (non-hydrogen) atoms. The van der Waals surface area contributed by atoms with Crippen LogP contribution >= 0.6 is 11.3 Å². The van der Waals surface area contributed by atoms with Crippen LogP contribution in [0.25, 0.3) is 0 Å². The van der Waals surface area contributed by atoms with Crippen LogP contribution in [0, 0.1) is 12.8 Å². The first kappa shape index (κ1) is 16.8. The third-order valence-corrected chi connectivity index (χ3v) is 5.17. The molecule has 0 bridgehead atoms. The van der Waals surface area contributed by atoms with Crippen molar-refractivity contribution >= 4 is 37.9 Å². The van der Waals surface area contributed by atoms with Gasteiger partial charge in [-0.25, -0.2) is 13.4 Å². The van der Waals surface area contributed by atoms with Crippen molar-refractivity contribution in [2.45, 2.75) is 27.2 Å². The number of sulfonamides is 1. The van der Waals surface area contributed by atoms with Crippen LogP contribution in [0.5, 0.6) is 0 Å². The Kier molecular flexibility index (Phi) is 5.42. The molecule has 120 valence electrons. The molecule has 0 unspecified atom stereocenters. The van der Waals surface area contributed by atoms with Gasteiger partial charge in [-0.3, -0.25) is 4.72 Å². The molecular weight excluding hydrogens is 318 g/mol. The second-order valence-electron chi connectivity index (χ2n) is 5.60. The van der Waals surface area contributed by atoms with Gasteiger partial charge in [-0.05, 0) is 37.5 Å². The molecule has 0 aliphatic heterocycles. The van der Waals surface area contributed by atoms with Crippen molar-refractivity contribution in [3.05, 3.63) is 35.3 Å². The molecule has 7 heteroatoms. The van der Waals surface area contributed by atoms with Crippen LogP contribution in [0.4, 0.5) is 16.5 Å². The largest absolute Gasteiger partial charge is 0.331 e. The van der Waals surface area contributed by atoms with E-state index in [4.69, 9.17) is 0 Å². The van der Waals surface area contributed by atoms with Gasteiger partial charge in [0.05, 0.1) is 17.1 Å². The Hall–Kier alpha value is -1.60. The fourth-order valence-electron chi connectivity index (χ4n) is 1.82. The van der Waals surface area contributed by atoms with Crippen LogP contribution in [0.3, 0.4) is 0 Å². The van der Waals surface area contributed by atoms with Gasteiger partial charge in [-0.2, -0.15) is 0 Å². The number of benzene rings is 1. The molecule has 0 atom stereocenters. The van der Waals surface area contributed by atoms with E-state index in [1.807, 2.05) is 38.3 Å². The minimum absolute atomic E-state index is 0.133. The van der Waals surface area contributed by atoms with Crippen molar-refractivity contribution in [2.75, 3.05) is 15.8 Å². The number of aryl methyl sites for hydroxylation is 1. The van der Waals surface area contributed by atoms with Gasteiger partial charge < -0.3 is 5.32 Å². The lowest BCUT2D eigenvalue weighted by Gasteiger charge is -2.11. The van der Waals surface area contributed by atoms with Gasteiger partial charge in [0, 0.05) is 11.1 Å². The molecule has 1 aromatic heterocycles. The maximum atomic E-state index is 12.0. The first-order valence-electron chi connectivity index (χ1n) is 7.14. The number of hydrogen-bond donors (Lipinski definition) is 2.